The summed E-state index contributed by atoms with van der Waals surface area (Å²) in [5, 5.41) is 67.4. The van der Waals surface area contributed by atoms with E-state index in [0.29, 0.717) is 26.2 Å². The second kappa shape index (κ2) is 11.1. The number of phenols is 1. The number of ketones is 2. The number of aromatic hydroxyl groups is 1. The lowest BCUT2D eigenvalue weighted by Gasteiger charge is -2.53. The SMILES string of the molecule is CN(C)C1C(=O)C(C(=O)NCN2CCN(C(=N)N=C(N)N)CC2)=C(O)C2(O)C(=O)C3=C(O)c4c(O)cccc4[C@@](C)(O)C3CC12. The molecule has 5 atom stereocenters. The van der Waals surface area contributed by atoms with Gasteiger partial charge in [-0.15, -0.1) is 0 Å². The molecular weight excluding hydrogens is 588 g/mol. The highest BCUT2D eigenvalue weighted by Crippen LogP contribution is 2.57. The van der Waals surface area contributed by atoms with Gasteiger partial charge in [0.2, 0.25) is 11.7 Å². The summed E-state index contributed by atoms with van der Waals surface area (Å²) in [4.78, 5) is 50.1. The molecule has 11 N–H and O–H groups in total. The number of carbonyl (C=O) groups is 3. The van der Waals surface area contributed by atoms with Crippen molar-refractivity contribution in [2.45, 2.75) is 30.6 Å². The second-order valence-electron chi connectivity index (χ2n) is 12.2. The number of fused-ring (bicyclic) bond motifs is 3. The van der Waals surface area contributed by atoms with Crippen molar-refractivity contribution >= 4 is 35.2 Å². The molecule has 0 radical (unpaired) electrons. The third-order valence-corrected chi connectivity index (χ3v) is 9.37. The van der Waals surface area contributed by atoms with E-state index in [1.165, 1.54) is 44.1 Å². The molecule has 16 heteroatoms. The van der Waals surface area contributed by atoms with E-state index in [1.54, 1.807) is 4.90 Å². The van der Waals surface area contributed by atoms with Crippen LogP contribution in [0.5, 0.6) is 5.75 Å². The fourth-order valence-electron chi connectivity index (χ4n) is 7.07. The third-order valence-electron chi connectivity index (χ3n) is 9.37. The van der Waals surface area contributed by atoms with Crippen LogP contribution in [0.1, 0.15) is 24.5 Å². The summed E-state index contributed by atoms with van der Waals surface area (Å²) in [6, 6.07) is 2.99. The molecule has 0 spiro atoms. The van der Waals surface area contributed by atoms with Crippen LogP contribution in [0, 0.1) is 17.2 Å². The van der Waals surface area contributed by atoms with Gasteiger partial charge in [-0.05, 0) is 39.1 Å². The summed E-state index contributed by atoms with van der Waals surface area (Å²) in [5.41, 5.74) is 4.82. The van der Waals surface area contributed by atoms with Crippen molar-refractivity contribution in [1.82, 2.24) is 20.0 Å². The molecule has 1 aliphatic heterocycles. The predicted molar refractivity (Wildman–Crippen MR) is 161 cm³/mol. The number of Topliss-reactive ketones (excluding diaryl/α,β-unsaturated/α-hetero) is 2. The first kappa shape index (κ1) is 31.9. The fourth-order valence-corrected chi connectivity index (χ4v) is 7.07. The van der Waals surface area contributed by atoms with Gasteiger partial charge in [-0.1, -0.05) is 12.1 Å². The lowest BCUT2D eigenvalue weighted by atomic mass is 9.54. The van der Waals surface area contributed by atoms with Crippen molar-refractivity contribution in [3.63, 3.8) is 0 Å². The summed E-state index contributed by atoms with van der Waals surface area (Å²) >= 11 is 0. The molecule has 1 aromatic carbocycles. The van der Waals surface area contributed by atoms with Gasteiger partial charge >= 0.3 is 0 Å². The Morgan fingerprint density at radius 2 is 1.78 bits per heavy atom. The lowest BCUT2D eigenvalue weighted by molar-refractivity contribution is -0.159. The van der Waals surface area contributed by atoms with Gasteiger partial charge < -0.3 is 47.2 Å². The number of hydrogen-bond donors (Lipinski definition) is 9. The summed E-state index contributed by atoms with van der Waals surface area (Å²) < 4.78 is 0. The van der Waals surface area contributed by atoms with Gasteiger partial charge in [0.1, 0.15) is 22.8 Å². The van der Waals surface area contributed by atoms with Gasteiger partial charge in [0, 0.05) is 43.6 Å². The van der Waals surface area contributed by atoms with E-state index in [4.69, 9.17) is 16.9 Å². The van der Waals surface area contributed by atoms with Crippen molar-refractivity contribution in [3.05, 3.63) is 46.2 Å². The molecule has 4 unspecified atom stereocenters. The molecule has 1 saturated carbocycles. The molecule has 1 saturated heterocycles. The van der Waals surface area contributed by atoms with Crippen LogP contribution in [-0.4, -0.2) is 128 Å². The number of aliphatic hydroxyl groups excluding tert-OH is 2. The lowest BCUT2D eigenvalue weighted by Crippen LogP contribution is -2.67. The van der Waals surface area contributed by atoms with Crippen LogP contribution in [0.4, 0.5) is 0 Å². The predicted octanol–water partition coefficient (Wildman–Crippen LogP) is -1.96. The Hall–Kier alpha value is -4.51. The molecule has 2 fully saturated rings. The zero-order valence-electron chi connectivity index (χ0n) is 25.1. The summed E-state index contributed by atoms with van der Waals surface area (Å²) in [6.45, 7) is 2.90. The number of piperazine rings is 1. The minimum absolute atomic E-state index is 0.0538. The number of guanidine groups is 2. The number of aliphatic hydroxyl groups is 4. The first-order valence-corrected chi connectivity index (χ1v) is 14.4. The Morgan fingerprint density at radius 3 is 2.38 bits per heavy atom. The Balaban J connectivity index is 1.47. The van der Waals surface area contributed by atoms with Crippen LogP contribution in [-0.2, 0) is 20.0 Å². The molecule has 16 nitrogen and oxygen atoms in total. The molecule has 5 rings (SSSR count). The monoisotopic (exact) mass is 626 g/mol. The number of likely N-dealkylation sites (N-methyl/N-ethyl adjacent to an activating group) is 1. The Labute approximate surface area is 258 Å². The zero-order valence-corrected chi connectivity index (χ0v) is 25.1. The number of nitrogens with zero attached hydrogens (tertiary/aromatic N) is 4. The molecule has 1 amide bonds. The van der Waals surface area contributed by atoms with Gasteiger partial charge in [0.05, 0.1) is 23.9 Å². The molecule has 3 aliphatic carbocycles. The smallest absolute Gasteiger partial charge is 0.259 e. The highest BCUT2D eigenvalue weighted by atomic mass is 16.3. The Kier molecular flexibility index (Phi) is 7.89. The number of nitrogens with one attached hydrogen (secondary N) is 2. The molecule has 242 valence electrons. The standard InChI is InChI=1S/C29H38N8O8/c1-28(44)13-5-4-6-16(38)17(13)21(39)18-14(28)11-15-20(35(2)3)22(40)19(24(42)29(15,45)23(18)41)25(43)33-12-36-7-9-37(10-8-36)27(32)34-26(30)31/h4-6,14-15,20,38-39,42,44-45H,7-12H2,1-3H3,(H,33,43)(H5,30,31,32,34)/t14?,15?,20?,28-,29?/m1/s1. The maximum absolute atomic E-state index is 14.2. The zero-order chi connectivity index (χ0) is 33.2. The number of amides is 1. The number of rotatable bonds is 4. The maximum Gasteiger partial charge on any atom is 0.259 e. The van der Waals surface area contributed by atoms with Crippen LogP contribution in [0.3, 0.4) is 0 Å². The van der Waals surface area contributed by atoms with Crippen LogP contribution in [0.2, 0.25) is 0 Å². The van der Waals surface area contributed by atoms with E-state index < -0.39 is 75.0 Å². The van der Waals surface area contributed by atoms with Crippen LogP contribution in [0.25, 0.3) is 5.76 Å². The summed E-state index contributed by atoms with van der Waals surface area (Å²) in [5.74, 6) is -7.99. The van der Waals surface area contributed by atoms with Crippen LogP contribution >= 0.6 is 0 Å². The van der Waals surface area contributed by atoms with E-state index >= 15 is 0 Å². The molecule has 0 aromatic heterocycles. The van der Waals surface area contributed by atoms with Crippen molar-refractivity contribution in [1.29, 1.82) is 5.41 Å². The van der Waals surface area contributed by atoms with Crippen molar-refractivity contribution in [2.24, 2.45) is 28.3 Å². The number of nitrogens with two attached hydrogens (primary N) is 2. The minimum atomic E-state index is -2.80. The van der Waals surface area contributed by atoms with Crippen molar-refractivity contribution in [2.75, 3.05) is 46.9 Å². The number of aliphatic imine (C=N–C) groups is 1. The second-order valence-corrected chi connectivity index (χ2v) is 12.2. The average molecular weight is 627 g/mol. The first-order valence-electron chi connectivity index (χ1n) is 14.4. The number of benzene rings is 1. The van der Waals surface area contributed by atoms with E-state index in [1.807, 2.05) is 4.90 Å². The van der Waals surface area contributed by atoms with Crippen LogP contribution < -0.4 is 16.8 Å². The number of carbonyl (C=O) groups excluding carboxylic acids is 3. The molecule has 1 heterocycles. The largest absolute Gasteiger partial charge is 0.508 e. The fraction of sp³-hybridized carbons (Fsp3) is 0.483. The van der Waals surface area contributed by atoms with Gasteiger partial charge in [-0.3, -0.25) is 29.6 Å². The van der Waals surface area contributed by atoms with Gasteiger partial charge in [-0.2, -0.15) is 4.99 Å². The normalized spacial score (nSPS) is 30.1. The van der Waals surface area contributed by atoms with Gasteiger partial charge in [0.15, 0.2) is 17.3 Å². The van der Waals surface area contributed by atoms with E-state index in [2.05, 4.69) is 10.3 Å². The maximum atomic E-state index is 14.2. The molecular formula is C29H38N8O8. The van der Waals surface area contributed by atoms with Crippen molar-refractivity contribution < 1.29 is 39.9 Å². The van der Waals surface area contributed by atoms with Gasteiger partial charge in [0.25, 0.3) is 5.91 Å². The first-order chi connectivity index (χ1) is 21.0. The molecule has 4 aliphatic rings. The highest BCUT2D eigenvalue weighted by Gasteiger charge is 2.66. The van der Waals surface area contributed by atoms with E-state index in [0.717, 1.165) is 0 Å². The number of phenolic OH excluding ortho intramolecular Hbond substituents is 1. The topological polar surface area (TPSA) is 262 Å². The molecule has 0 bridgehead atoms. The minimum Gasteiger partial charge on any atom is -0.508 e. The van der Waals surface area contributed by atoms with Crippen LogP contribution in [0.15, 0.2) is 40.1 Å². The summed E-state index contributed by atoms with van der Waals surface area (Å²) in [7, 11) is 3.06. The van der Waals surface area contributed by atoms with Gasteiger partial charge in [-0.25, -0.2) is 0 Å². The molecule has 1 aromatic rings. The summed E-state index contributed by atoms with van der Waals surface area (Å²) in [6.07, 6.45) is -0.226. The van der Waals surface area contributed by atoms with E-state index in [-0.39, 0.29) is 36.1 Å². The third kappa shape index (κ3) is 4.89. The number of hydrogen-bond acceptors (Lipinski definition) is 11. The highest BCUT2D eigenvalue weighted by molar-refractivity contribution is 6.25. The molecule has 45 heavy (non-hydrogen) atoms. The quantitative estimate of drug-likeness (QED) is 0.100. The van der Waals surface area contributed by atoms with Crippen molar-refractivity contribution in [3.8, 4) is 5.75 Å². The Bertz CT molecular complexity index is 1570. The van der Waals surface area contributed by atoms with E-state index in [9.17, 15) is 39.9 Å². The average Bonchev–Trinajstić information content (AvgIpc) is 2.96. The Morgan fingerprint density at radius 1 is 1.13 bits per heavy atom.